The first-order valence-corrected chi connectivity index (χ1v) is 17.2. The van der Waals surface area contributed by atoms with Crippen molar-refractivity contribution in [2.24, 2.45) is 24.8 Å². The van der Waals surface area contributed by atoms with Gasteiger partial charge in [0.15, 0.2) is 0 Å². The van der Waals surface area contributed by atoms with E-state index in [1.807, 2.05) is 42.3 Å². The fourth-order valence-electron chi connectivity index (χ4n) is 8.64. The molecule has 3 N–H and O–H groups in total. The van der Waals surface area contributed by atoms with E-state index >= 15 is 0 Å². The van der Waals surface area contributed by atoms with Crippen LogP contribution in [0.25, 0.3) is 11.1 Å². The number of hydrogen-bond donors (Lipinski definition) is 2. The highest BCUT2D eigenvalue weighted by Crippen LogP contribution is 2.41. The largest absolute Gasteiger partial charge is 0.495 e. The summed E-state index contributed by atoms with van der Waals surface area (Å²) >= 11 is 0. The predicted octanol–water partition coefficient (Wildman–Crippen LogP) is 2.36. The molecular formula is C36H42N8O5. The van der Waals surface area contributed by atoms with Crippen LogP contribution < -0.4 is 25.6 Å². The van der Waals surface area contributed by atoms with E-state index in [-0.39, 0.29) is 18.7 Å². The van der Waals surface area contributed by atoms with Gasteiger partial charge in [0.2, 0.25) is 11.8 Å². The van der Waals surface area contributed by atoms with Crippen LogP contribution in [-0.2, 0) is 16.6 Å². The Morgan fingerprint density at radius 1 is 0.898 bits per heavy atom. The van der Waals surface area contributed by atoms with Gasteiger partial charge in [-0.1, -0.05) is 0 Å². The van der Waals surface area contributed by atoms with E-state index in [0.29, 0.717) is 40.3 Å². The van der Waals surface area contributed by atoms with Crippen molar-refractivity contribution in [3.8, 4) is 16.9 Å². The summed E-state index contributed by atoms with van der Waals surface area (Å²) in [4.78, 5) is 59.0. The number of rotatable bonds is 7. The lowest BCUT2D eigenvalue weighted by Gasteiger charge is -2.36. The molecule has 13 heteroatoms. The predicted molar refractivity (Wildman–Crippen MR) is 183 cm³/mol. The van der Waals surface area contributed by atoms with Gasteiger partial charge >= 0.3 is 0 Å². The third-order valence-electron chi connectivity index (χ3n) is 11.2. The molecule has 13 nitrogen and oxygen atoms in total. The summed E-state index contributed by atoms with van der Waals surface area (Å²) in [5.41, 5.74) is 11.8. The molecule has 0 aliphatic carbocycles. The second kappa shape index (κ2) is 12.2. The molecule has 0 radical (unpaired) electrons. The first-order chi connectivity index (χ1) is 23.7. The quantitative estimate of drug-likeness (QED) is 0.285. The van der Waals surface area contributed by atoms with E-state index < -0.39 is 23.8 Å². The maximum atomic E-state index is 13.4. The average Bonchev–Trinajstić information content (AvgIpc) is 3.85. The summed E-state index contributed by atoms with van der Waals surface area (Å²) < 4.78 is 7.39. The van der Waals surface area contributed by atoms with Gasteiger partial charge in [-0.05, 0) is 61.3 Å². The fraction of sp³-hybridized carbons (Fsp3) is 0.472. The Kier molecular flexibility index (Phi) is 7.81. The van der Waals surface area contributed by atoms with Gasteiger partial charge in [0.05, 0.1) is 30.1 Å². The number of aryl methyl sites for hydroxylation is 1. The second-order valence-corrected chi connectivity index (χ2v) is 14.3. The number of hydrogen-bond acceptors (Lipinski definition) is 10. The Hall–Kier alpha value is -4.91. The lowest BCUT2D eigenvalue weighted by Crippen LogP contribution is -2.54. The fourth-order valence-corrected chi connectivity index (χ4v) is 8.64. The Morgan fingerprint density at radius 3 is 2.31 bits per heavy atom. The number of imide groups is 2. The van der Waals surface area contributed by atoms with Crippen molar-refractivity contribution in [2.75, 3.05) is 68.5 Å². The minimum atomic E-state index is -0.955. The molecule has 5 aliphatic rings. The number of ether oxygens (including phenoxy) is 1. The number of benzene rings is 2. The number of piperidine rings is 2. The highest BCUT2D eigenvalue weighted by molar-refractivity contribution is 6.23. The molecule has 2 aromatic carbocycles. The molecule has 1 aromatic heterocycles. The number of aromatic nitrogens is 2. The summed E-state index contributed by atoms with van der Waals surface area (Å²) in [5.74, 6) is 0.526. The van der Waals surface area contributed by atoms with E-state index in [4.69, 9.17) is 10.5 Å². The Balaban J connectivity index is 0.869. The summed E-state index contributed by atoms with van der Waals surface area (Å²) in [5, 5.41) is 6.63. The number of nitrogens with one attached hydrogen (secondary N) is 1. The maximum Gasteiger partial charge on any atom is 0.262 e. The molecule has 4 fully saturated rings. The number of fused-ring (bicyclic) bond motifs is 2. The molecule has 5 aliphatic heterocycles. The van der Waals surface area contributed by atoms with Crippen molar-refractivity contribution in [3.05, 3.63) is 53.9 Å². The highest BCUT2D eigenvalue weighted by Gasteiger charge is 2.46. The van der Waals surface area contributed by atoms with Crippen LogP contribution in [0.3, 0.4) is 0 Å². The Morgan fingerprint density at radius 2 is 1.63 bits per heavy atom. The van der Waals surface area contributed by atoms with Crippen molar-refractivity contribution >= 4 is 40.7 Å². The minimum absolute atomic E-state index is 0.106. The number of nitrogens with zero attached hydrogens (tertiary/aromatic N) is 6. The first-order valence-electron chi connectivity index (χ1n) is 17.2. The van der Waals surface area contributed by atoms with Crippen LogP contribution in [0.15, 0.2) is 42.7 Å². The van der Waals surface area contributed by atoms with Crippen LogP contribution in [0.1, 0.15) is 46.4 Å². The molecule has 3 aromatic rings. The molecular weight excluding hydrogens is 624 g/mol. The van der Waals surface area contributed by atoms with E-state index in [9.17, 15) is 19.2 Å². The average molecular weight is 667 g/mol. The van der Waals surface area contributed by atoms with E-state index in [0.717, 1.165) is 86.1 Å². The lowest BCUT2D eigenvalue weighted by atomic mass is 9.94. The normalized spacial score (nSPS) is 24.5. The van der Waals surface area contributed by atoms with Crippen LogP contribution in [0, 0.1) is 17.8 Å². The van der Waals surface area contributed by atoms with Gasteiger partial charge in [0.25, 0.3) is 11.8 Å². The number of nitrogen functional groups attached to an aromatic ring is 1. The molecule has 0 bridgehead atoms. The summed E-state index contributed by atoms with van der Waals surface area (Å²) in [6.45, 7) is 6.99. The topological polar surface area (TPSA) is 146 Å². The second-order valence-electron chi connectivity index (χ2n) is 14.3. The lowest BCUT2D eigenvalue weighted by molar-refractivity contribution is -0.136. The smallest absolute Gasteiger partial charge is 0.262 e. The summed E-state index contributed by atoms with van der Waals surface area (Å²) in [6, 6.07) is 8.55. The number of methoxy groups -OCH3 is 1. The van der Waals surface area contributed by atoms with Gasteiger partial charge in [-0.15, -0.1) is 0 Å². The summed E-state index contributed by atoms with van der Waals surface area (Å²) in [7, 11) is 3.58. The summed E-state index contributed by atoms with van der Waals surface area (Å²) in [6.07, 6.45) is 6.40. The standard InChI is InChI=1S/C36H42N8O5/c1-40-16-22(14-38-40)27-12-29(37)32(49-2)13-31(27)42-9-7-21(8-10-42)15-41-17-23-19-43(20-24(23)18-41)25-3-4-26-28(11-25)36(48)44(35(26)47)30-5-6-33(45)39-34(30)46/h3-4,11-14,16,21,23-24,30H,5-10,15,17-20,37H2,1-2H3,(H,39,45,46). The van der Waals surface area contributed by atoms with Crippen molar-refractivity contribution in [1.29, 1.82) is 0 Å². The van der Waals surface area contributed by atoms with Crippen LogP contribution in [0.4, 0.5) is 17.1 Å². The van der Waals surface area contributed by atoms with Crippen LogP contribution >= 0.6 is 0 Å². The molecule has 256 valence electrons. The van der Waals surface area contributed by atoms with Crippen LogP contribution in [0.2, 0.25) is 0 Å². The molecule has 0 spiro atoms. The maximum absolute atomic E-state index is 13.4. The molecule has 3 atom stereocenters. The van der Waals surface area contributed by atoms with Crippen molar-refractivity contribution < 1.29 is 23.9 Å². The number of likely N-dealkylation sites (tertiary alicyclic amines) is 1. The number of carbonyl (C=O) groups excluding carboxylic acids is 4. The van der Waals surface area contributed by atoms with Crippen molar-refractivity contribution in [2.45, 2.75) is 31.7 Å². The monoisotopic (exact) mass is 666 g/mol. The molecule has 49 heavy (non-hydrogen) atoms. The zero-order chi connectivity index (χ0) is 34.0. The first kappa shape index (κ1) is 31.4. The van der Waals surface area contributed by atoms with Gasteiger partial charge < -0.3 is 25.2 Å². The van der Waals surface area contributed by atoms with Gasteiger partial charge in [0.1, 0.15) is 11.8 Å². The molecule has 0 saturated carbocycles. The number of anilines is 3. The Bertz CT molecular complexity index is 1830. The van der Waals surface area contributed by atoms with Gasteiger partial charge in [-0.2, -0.15) is 5.10 Å². The molecule has 3 unspecified atom stereocenters. The van der Waals surface area contributed by atoms with E-state index in [2.05, 4.69) is 31.2 Å². The SMILES string of the molecule is COc1cc(N2CCC(CN3CC4CN(c5ccc6c(c5)C(=O)N(C5CCC(=O)NC5=O)C6=O)CC4C3)CC2)c(-c2cnn(C)c2)cc1N. The van der Waals surface area contributed by atoms with Gasteiger partial charge in [-0.25, -0.2) is 0 Å². The van der Waals surface area contributed by atoms with Gasteiger partial charge in [-0.3, -0.25) is 34.1 Å². The zero-order valence-electron chi connectivity index (χ0n) is 27.9. The van der Waals surface area contributed by atoms with Crippen LogP contribution in [0.5, 0.6) is 5.75 Å². The molecule has 4 saturated heterocycles. The minimum Gasteiger partial charge on any atom is -0.495 e. The third-order valence-corrected chi connectivity index (χ3v) is 11.2. The van der Waals surface area contributed by atoms with Gasteiger partial charge in [0, 0.05) is 94.0 Å². The van der Waals surface area contributed by atoms with Crippen molar-refractivity contribution in [1.82, 2.24) is 24.9 Å². The Labute approximate surface area is 284 Å². The molecule has 8 rings (SSSR count). The zero-order valence-corrected chi connectivity index (χ0v) is 27.9. The molecule has 4 amide bonds. The number of nitrogens with two attached hydrogens (primary N) is 1. The van der Waals surface area contributed by atoms with E-state index in [1.165, 1.54) is 0 Å². The molecule has 6 heterocycles. The highest BCUT2D eigenvalue weighted by atomic mass is 16.5. The van der Waals surface area contributed by atoms with Crippen LogP contribution in [-0.4, -0.2) is 102 Å². The van der Waals surface area contributed by atoms with E-state index in [1.54, 1.807) is 13.2 Å². The number of amides is 4. The third kappa shape index (κ3) is 5.59. The number of carbonyl (C=O) groups is 4. The van der Waals surface area contributed by atoms with Crippen molar-refractivity contribution in [3.63, 3.8) is 0 Å².